The van der Waals surface area contributed by atoms with Crippen molar-refractivity contribution >= 4 is 11.4 Å². The van der Waals surface area contributed by atoms with E-state index in [2.05, 4.69) is 77.9 Å². The summed E-state index contributed by atoms with van der Waals surface area (Å²) < 4.78 is 1.63. The molecule has 0 aromatic heterocycles. The van der Waals surface area contributed by atoms with Crippen LogP contribution in [0.25, 0.3) is 16.9 Å². The standard InChI is InChI=1S/C46H72N2/c1-7-11-15-18-21-24-27-39-34-40(28-25-22-19-16-12-8-2)36-42(35-39)46-44(30-26-23-20-17-13-9-3)43(29-14-10-4)45(48(46)47)41-32-37(5)31-38(6)33-41/h31-36H,7-30H2,1-6H3. The molecular formula is C46H72N2. The van der Waals surface area contributed by atoms with Gasteiger partial charge in [-0.05, 0) is 101 Å². The van der Waals surface area contributed by atoms with E-state index in [0.717, 1.165) is 55.5 Å². The number of rotatable bonds is 26. The highest BCUT2D eigenvalue weighted by atomic mass is 15.2. The molecule has 3 rings (SSSR count). The van der Waals surface area contributed by atoms with Gasteiger partial charge in [-0.2, -0.15) is 0 Å². The Morgan fingerprint density at radius 3 is 1.19 bits per heavy atom. The first-order chi connectivity index (χ1) is 23.4. The number of nitrogens with zero attached hydrogens (tertiary/aromatic N) is 2. The summed E-state index contributed by atoms with van der Waals surface area (Å²) in [6.45, 7) is 13.6. The maximum Gasteiger partial charge on any atom is 0.211 e. The fourth-order valence-corrected chi connectivity index (χ4v) is 7.74. The van der Waals surface area contributed by atoms with E-state index in [-0.39, 0.29) is 0 Å². The van der Waals surface area contributed by atoms with Gasteiger partial charge in [-0.3, -0.25) is 0 Å². The van der Waals surface area contributed by atoms with Gasteiger partial charge in [0.2, 0.25) is 11.4 Å². The van der Waals surface area contributed by atoms with Gasteiger partial charge in [-0.1, -0.05) is 154 Å². The van der Waals surface area contributed by atoms with Gasteiger partial charge in [-0.15, -0.1) is 0 Å². The van der Waals surface area contributed by atoms with Crippen molar-refractivity contribution in [2.24, 2.45) is 0 Å². The minimum absolute atomic E-state index is 1.02. The number of benzene rings is 2. The number of allylic oxidation sites excluding steroid dienone is 2. The molecule has 0 aliphatic carbocycles. The first kappa shape index (κ1) is 40.0. The third-order valence-electron chi connectivity index (χ3n) is 10.4. The topological polar surface area (TPSA) is 25.3 Å². The van der Waals surface area contributed by atoms with Gasteiger partial charge in [0.15, 0.2) is 0 Å². The molecule has 0 unspecified atom stereocenters. The smallest absolute Gasteiger partial charge is 0.211 e. The van der Waals surface area contributed by atoms with E-state index in [9.17, 15) is 5.53 Å². The first-order valence-corrected chi connectivity index (χ1v) is 20.6. The van der Waals surface area contributed by atoms with Crippen molar-refractivity contribution in [3.8, 4) is 0 Å². The average Bonchev–Trinajstić information content (AvgIpc) is 3.34. The highest BCUT2D eigenvalue weighted by molar-refractivity contribution is 5.82. The molecule has 0 fully saturated rings. The van der Waals surface area contributed by atoms with Crippen LogP contribution >= 0.6 is 0 Å². The van der Waals surface area contributed by atoms with Crippen LogP contribution in [0.4, 0.5) is 0 Å². The average molecular weight is 653 g/mol. The van der Waals surface area contributed by atoms with Gasteiger partial charge >= 0.3 is 0 Å². The number of hydrogen-bond donors (Lipinski definition) is 0. The normalized spacial score (nSPS) is 13.4. The molecule has 2 nitrogen and oxygen atoms in total. The van der Waals surface area contributed by atoms with Crippen LogP contribution in [0.5, 0.6) is 0 Å². The second-order valence-corrected chi connectivity index (χ2v) is 15.0. The number of unbranched alkanes of at least 4 members (excludes halogenated alkanes) is 16. The largest absolute Gasteiger partial charge is 0.493 e. The van der Waals surface area contributed by atoms with Gasteiger partial charge < -0.3 is 5.53 Å². The lowest BCUT2D eigenvalue weighted by molar-refractivity contribution is -0.345. The molecule has 0 radical (unpaired) electrons. The van der Waals surface area contributed by atoms with Crippen LogP contribution in [0.15, 0.2) is 47.5 Å². The Labute approximate surface area is 297 Å². The molecule has 0 amide bonds. The molecule has 0 spiro atoms. The Balaban J connectivity index is 2.03. The van der Waals surface area contributed by atoms with Crippen LogP contribution in [0.2, 0.25) is 0 Å². The summed E-state index contributed by atoms with van der Waals surface area (Å²) in [4.78, 5) is 0. The van der Waals surface area contributed by atoms with E-state index in [1.807, 2.05) is 0 Å². The van der Waals surface area contributed by atoms with Crippen molar-refractivity contribution in [3.63, 3.8) is 0 Å². The molecule has 2 aromatic carbocycles. The predicted molar refractivity (Wildman–Crippen MR) is 211 cm³/mol. The first-order valence-electron chi connectivity index (χ1n) is 20.6. The minimum atomic E-state index is 1.02. The van der Waals surface area contributed by atoms with Gasteiger partial charge in [0, 0.05) is 22.3 Å². The van der Waals surface area contributed by atoms with Crippen molar-refractivity contribution in [2.75, 3.05) is 0 Å². The van der Waals surface area contributed by atoms with Gasteiger partial charge in [0.1, 0.15) is 0 Å². The fourth-order valence-electron chi connectivity index (χ4n) is 7.74. The van der Waals surface area contributed by atoms with E-state index in [1.165, 1.54) is 155 Å². The summed E-state index contributed by atoms with van der Waals surface area (Å²) in [5.74, 6) is 0. The van der Waals surface area contributed by atoms with Crippen LogP contribution in [0, 0.1) is 13.8 Å². The molecule has 0 saturated heterocycles. The highest BCUT2D eigenvalue weighted by Gasteiger charge is 2.35. The summed E-state index contributed by atoms with van der Waals surface area (Å²) >= 11 is 0. The monoisotopic (exact) mass is 653 g/mol. The third kappa shape index (κ3) is 13.1. The summed E-state index contributed by atoms with van der Waals surface area (Å²) in [7, 11) is 0. The van der Waals surface area contributed by atoms with Crippen molar-refractivity contribution in [1.29, 1.82) is 0 Å². The summed E-state index contributed by atoms with van der Waals surface area (Å²) in [6, 6.07) is 14.2. The number of hydrogen-bond acceptors (Lipinski definition) is 0. The Morgan fingerprint density at radius 1 is 0.396 bits per heavy atom. The summed E-state index contributed by atoms with van der Waals surface area (Å²) in [5.41, 5.74) is 25.0. The van der Waals surface area contributed by atoms with E-state index < -0.39 is 0 Å². The Kier molecular flexibility index (Phi) is 19.2. The maximum absolute atomic E-state index is 12.3. The number of aryl methyl sites for hydroxylation is 4. The SMILES string of the molecule is CCCCCCCCC1=C(c2cc(CCCCCCCC)cc(CCCCCCCC)c2)[N+](=[N-])C(c2cc(C)cc(C)c2)=C1CCCC. The lowest BCUT2D eigenvalue weighted by Gasteiger charge is -2.14. The molecule has 2 heteroatoms. The van der Waals surface area contributed by atoms with Crippen LogP contribution < -0.4 is 0 Å². The zero-order chi connectivity index (χ0) is 34.6. The Morgan fingerprint density at radius 2 is 0.750 bits per heavy atom. The van der Waals surface area contributed by atoms with Crippen molar-refractivity contribution in [3.05, 3.63) is 86.5 Å². The second-order valence-electron chi connectivity index (χ2n) is 15.0. The molecule has 1 aliphatic heterocycles. The minimum Gasteiger partial charge on any atom is -0.493 e. The quantitative estimate of drug-likeness (QED) is 0.0714. The molecule has 266 valence electrons. The van der Waals surface area contributed by atoms with Crippen molar-refractivity contribution < 1.29 is 4.70 Å². The van der Waals surface area contributed by atoms with E-state index in [0.29, 0.717) is 0 Å². The fraction of sp³-hybridized carbons (Fsp3) is 0.652. The van der Waals surface area contributed by atoms with Gasteiger partial charge in [0.05, 0.1) is 0 Å². The van der Waals surface area contributed by atoms with Crippen LogP contribution in [-0.4, -0.2) is 4.70 Å². The molecule has 0 saturated carbocycles. The van der Waals surface area contributed by atoms with Crippen LogP contribution in [0.3, 0.4) is 0 Å². The predicted octanol–water partition coefficient (Wildman–Crippen LogP) is 15.2. The summed E-state index contributed by atoms with van der Waals surface area (Å²) in [6.07, 6.45) is 30.2. The van der Waals surface area contributed by atoms with E-state index in [4.69, 9.17) is 0 Å². The maximum atomic E-state index is 12.3. The van der Waals surface area contributed by atoms with Crippen molar-refractivity contribution in [2.45, 2.75) is 196 Å². The third-order valence-corrected chi connectivity index (χ3v) is 10.4. The molecule has 2 aromatic rings. The van der Waals surface area contributed by atoms with Gasteiger partial charge in [0.25, 0.3) is 0 Å². The molecular weight excluding hydrogens is 581 g/mol. The zero-order valence-electron chi connectivity index (χ0n) is 32.3. The lowest BCUT2D eigenvalue weighted by atomic mass is 9.90. The lowest BCUT2D eigenvalue weighted by Crippen LogP contribution is -2.05. The highest BCUT2D eigenvalue weighted by Crippen LogP contribution is 2.45. The van der Waals surface area contributed by atoms with E-state index >= 15 is 0 Å². The molecule has 1 aliphatic rings. The summed E-state index contributed by atoms with van der Waals surface area (Å²) in [5, 5.41) is 0. The van der Waals surface area contributed by atoms with Gasteiger partial charge in [-0.25, -0.2) is 4.70 Å². The molecule has 0 atom stereocenters. The Hall–Kier alpha value is -2.48. The van der Waals surface area contributed by atoms with E-state index in [1.54, 1.807) is 4.70 Å². The van der Waals surface area contributed by atoms with Crippen molar-refractivity contribution in [1.82, 2.24) is 0 Å². The van der Waals surface area contributed by atoms with Crippen LogP contribution in [-0.2, 0) is 12.8 Å². The molecule has 0 N–H and O–H groups in total. The molecule has 1 heterocycles. The Bertz CT molecular complexity index is 1250. The zero-order valence-corrected chi connectivity index (χ0v) is 32.3. The van der Waals surface area contributed by atoms with Crippen LogP contribution in [0.1, 0.15) is 202 Å². The second kappa shape index (κ2) is 23.0. The molecule has 0 bridgehead atoms. The molecule has 48 heavy (non-hydrogen) atoms.